The number of carbonyl (C=O) groups is 1. The fourth-order valence-corrected chi connectivity index (χ4v) is 2.81. The van der Waals surface area contributed by atoms with Crippen molar-refractivity contribution in [1.29, 1.82) is 0 Å². The molecule has 8 nitrogen and oxygen atoms in total. The molecule has 3 heterocycles. The highest BCUT2D eigenvalue weighted by atomic mass is 19.1. The van der Waals surface area contributed by atoms with E-state index < -0.39 is 5.91 Å². The van der Waals surface area contributed by atoms with E-state index in [9.17, 15) is 9.18 Å². The number of halogens is 1. The van der Waals surface area contributed by atoms with E-state index >= 15 is 0 Å². The fraction of sp³-hybridized carbons (Fsp3) is 0.227. The summed E-state index contributed by atoms with van der Waals surface area (Å²) in [5.74, 6) is 0.748. The second-order valence-corrected chi connectivity index (χ2v) is 8.02. The molecular weight excluding hydrogens is 399 g/mol. The van der Waals surface area contributed by atoms with Crippen molar-refractivity contribution >= 4 is 5.91 Å². The minimum Gasteiger partial charge on any atom is -0.346 e. The Labute approximate surface area is 178 Å². The van der Waals surface area contributed by atoms with Gasteiger partial charge in [-0.15, -0.1) is 0 Å². The van der Waals surface area contributed by atoms with E-state index in [0.29, 0.717) is 28.7 Å². The van der Waals surface area contributed by atoms with Crippen LogP contribution in [0.2, 0.25) is 0 Å². The van der Waals surface area contributed by atoms with Gasteiger partial charge in [-0.2, -0.15) is 4.98 Å². The normalized spacial score (nSPS) is 11.5. The molecule has 4 aromatic rings. The first-order valence-electron chi connectivity index (χ1n) is 9.68. The summed E-state index contributed by atoms with van der Waals surface area (Å²) in [5.41, 5.74) is 1.06. The van der Waals surface area contributed by atoms with Gasteiger partial charge in [-0.1, -0.05) is 44.1 Å². The third kappa shape index (κ3) is 4.50. The monoisotopic (exact) mass is 420 g/mol. The summed E-state index contributed by atoms with van der Waals surface area (Å²) in [4.78, 5) is 25.3. The van der Waals surface area contributed by atoms with Gasteiger partial charge in [-0.3, -0.25) is 9.36 Å². The molecule has 0 radical (unpaired) electrons. The van der Waals surface area contributed by atoms with Crippen LogP contribution in [-0.4, -0.2) is 30.6 Å². The Bertz CT molecular complexity index is 1220. The van der Waals surface area contributed by atoms with Crippen molar-refractivity contribution in [3.63, 3.8) is 0 Å². The van der Waals surface area contributed by atoms with Gasteiger partial charge in [0.05, 0.1) is 0 Å². The molecule has 31 heavy (non-hydrogen) atoms. The average Bonchev–Trinajstić information content (AvgIpc) is 3.43. The van der Waals surface area contributed by atoms with Crippen molar-refractivity contribution in [3.05, 3.63) is 78.0 Å². The number of imidazole rings is 1. The molecule has 0 spiro atoms. The summed E-state index contributed by atoms with van der Waals surface area (Å²) in [6.07, 6.45) is 4.65. The van der Waals surface area contributed by atoms with E-state index in [1.807, 2.05) is 20.8 Å². The van der Waals surface area contributed by atoms with Gasteiger partial charge in [0, 0.05) is 35.5 Å². The molecule has 158 valence electrons. The topological polar surface area (TPSA) is 98.7 Å². The molecule has 1 N–H and O–H groups in total. The van der Waals surface area contributed by atoms with Crippen LogP contribution in [0.15, 0.2) is 59.6 Å². The Morgan fingerprint density at radius 1 is 1.19 bits per heavy atom. The summed E-state index contributed by atoms with van der Waals surface area (Å²) < 4.78 is 20.7. The number of pyridine rings is 1. The van der Waals surface area contributed by atoms with E-state index in [4.69, 9.17) is 4.52 Å². The van der Waals surface area contributed by atoms with Gasteiger partial charge in [0.15, 0.2) is 5.82 Å². The maximum Gasteiger partial charge on any atom is 0.271 e. The Kier molecular flexibility index (Phi) is 5.33. The maximum absolute atomic E-state index is 13.7. The lowest BCUT2D eigenvalue weighted by Gasteiger charge is -2.10. The summed E-state index contributed by atoms with van der Waals surface area (Å²) in [5, 5.41) is 6.71. The first-order valence-corrected chi connectivity index (χ1v) is 9.68. The van der Waals surface area contributed by atoms with Crippen molar-refractivity contribution in [2.24, 2.45) is 0 Å². The van der Waals surface area contributed by atoms with Crippen LogP contribution in [0.1, 0.15) is 42.6 Å². The predicted octanol–water partition coefficient (Wildman–Crippen LogP) is 3.68. The van der Waals surface area contributed by atoms with Gasteiger partial charge in [-0.05, 0) is 18.2 Å². The van der Waals surface area contributed by atoms with E-state index in [1.165, 1.54) is 12.4 Å². The third-order valence-electron chi connectivity index (χ3n) is 4.57. The number of carbonyl (C=O) groups excluding carboxylic acids is 1. The van der Waals surface area contributed by atoms with Gasteiger partial charge < -0.3 is 9.84 Å². The Hall–Kier alpha value is -3.88. The molecule has 0 unspecified atom stereocenters. The molecule has 1 aromatic carbocycles. The van der Waals surface area contributed by atoms with Crippen LogP contribution >= 0.6 is 0 Å². The molecule has 3 aromatic heterocycles. The van der Waals surface area contributed by atoms with Crippen molar-refractivity contribution in [2.45, 2.75) is 32.7 Å². The van der Waals surface area contributed by atoms with Gasteiger partial charge in [0.25, 0.3) is 11.8 Å². The SMILES string of the molecule is CC(C)(C)c1noc(-c2ccnc(-n3cnc(C(=O)NCc4ccccc4F)c3)c2)n1. The molecule has 0 atom stereocenters. The summed E-state index contributed by atoms with van der Waals surface area (Å²) >= 11 is 0. The molecule has 0 bridgehead atoms. The molecular formula is C22H21FN6O2. The zero-order valence-corrected chi connectivity index (χ0v) is 17.3. The predicted molar refractivity (Wildman–Crippen MR) is 111 cm³/mol. The van der Waals surface area contributed by atoms with Crippen molar-refractivity contribution < 1.29 is 13.7 Å². The van der Waals surface area contributed by atoms with Crippen LogP contribution in [0.5, 0.6) is 0 Å². The highest BCUT2D eigenvalue weighted by molar-refractivity contribution is 5.92. The quantitative estimate of drug-likeness (QED) is 0.529. The summed E-state index contributed by atoms with van der Waals surface area (Å²) in [6, 6.07) is 9.81. The maximum atomic E-state index is 13.7. The summed E-state index contributed by atoms with van der Waals surface area (Å²) in [6.45, 7) is 6.08. The lowest BCUT2D eigenvalue weighted by atomic mass is 9.96. The van der Waals surface area contributed by atoms with Crippen LogP contribution < -0.4 is 5.32 Å². The number of nitrogens with one attached hydrogen (secondary N) is 1. The molecule has 4 rings (SSSR count). The molecule has 0 aliphatic heterocycles. The van der Waals surface area contributed by atoms with Crippen LogP contribution in [0.3, 0.4) is 0 Å². The third-order valence-corrected chi connectivity index (χ3v) is 4.57. The van der Waals surface area contributed by atoms with E-state index in [2.05, 4.69) is 25.4 Å². The number of amides is 1. The highest BCUT2D eigenvalue weighted by Crippen LogP contribution is 2.24. The lowest BCUT2D eigenvalue weighted by molar-refractivity contribution is 0.0946. The zero-order valence-electron chi connectivity index (χ0n) is 17.3. The number of aromatic nitrogens is 5. The number of hydrogen-bond donors (Lipinski definition) is 1. The van der Waals surface area contributed by atoms with Crippen LogP contribution in [0.25, 0.3) is 17.3 Å². The van der Waals surface area contributed by atoms with Gasteiger partial charge >= 0.3 is 0 Å². The molecule has 0 saturated carbocycles. The largest absolute Gasteiger partial charge is 0.346 e. The van der Waals surface area contributed by atoms with E-state index in [0.717, 1.165) is 0 Å². The smallest absolute Gasteiger partial charge is 0.271 e. The van der Waals surface area contributed by atoms with Gasteiger partial charge in [-0.25, -0.2) is 14.4 Å². The van der Waals surface area contributed by atoms with Gasteiger partial charge in [0.1, 0.15) is 23.7 Å². The van der Waals surface area contributed by atoms with E-state index in [1.54, 1.807) is 47.3 Å². The van der Waals surface area contributed by atoms with Crippen LogP contribution in [0, 0.1) is 5.82 Å². The van der Waals surface area contributed by atoms with Crippen molar-refractivity contribution in [3.8, 4) is 17.3 Å². The molecule has 0 aliphatic carbocycles. The molecule has 9 heteroatoms. The number of hydrogen-bond acceptors (Lipinski definition) is 6. The first-order chi connectivity index (χ1) is 14.8. The zero-order chi connectivity index (χ0) is 22.0. The lowest BCUT2D eigenvalue weighted by Crippen LogP contribution is -2.23. The number of benzene rings is 1. The molecule has 0 saturated heterocycles. The minimum absolute atomic E-state index is 0.0688. The van der Waals surface area contributed by atoms with E-state index in [-0.39, 0.29) is 23.5 Å². The second-order valence-electron chi connectivity index (χ2n) is 8.02. The Morgan fingerprint density at radius 3 is 2.74 bits per heavy atom. The van der Waals surface area contributed by atoms with Gasteiger partial charge in [0.2, 0.25) is 0 Å². The standard InChI is InChI=1S/C22H21FN6O2/c1-22(2,3)21-27-20(31-28-21)14-8-9-24-18(10-14)29-12-17(26-13-29)19(30)25-11-15-6-4-5-7-16(15)23/h4-10,12-13H,11H2,1-3H3,(H,25,30). The highest BCUT2D eigenvalue weighted by Gasteiger charge is 2.22. The van der Waals surface area contributed by atoms with Crippen molar-refractivity contribution in [2.75, 3.05) is 0 Å². The second kappa shape index (κ2) is 8.10. The molecule has 0 fully saturated rings. The minimum atomic E-state index is -0.412. The Balaban J connectivity index is 1.50. The first kappa shape index (κ1) is 20.4. The number of rotatable bonds is 5. The van der Waals surface area contributed by atoms with Crippen LogP contribution in [0.4, 0.5) is 4.39 Å². The average molecular weight is 420 g/mol. The Morgan fingerprint density at radius 2 is 2.00 bits per heavy atom. The molecule has 1 amide bonds. The van der Waals surface area contributed by atoms with Crippen LogP contribution in [-0.2, 0) is 12.0 Å². The molecule has 0 aliphatic rings. The summed E-state index contributed by atoms with van der Waals surface area (Å²) in [7, 11) is 0. The van der Waals surface area contributed by atoms with Crippen molar-refractivity contribution in [1.82, 2.24) is 30.0 Å². The number of nitrogens with zero attached hydrogens (tertiary/aromatic N) is 5. The fourth-order valence-electron chi connectivity index (χ4n) is 2.81.